The number of benzene rings is 1. The number of rotatable bonds is 5. The predicted molar refractivity (Wildman–Crippen MR) is 79.2 cm³/mol. The van der Waals surface area contributed by atoms with E-state index in [1.54, 1.807) is 16.0 Å². The zero-order valence-corrected chi connectivity index (χ0v) is 12.9. The lowest BCUT2D eigenvalue weighted by Crippen LogP contribution is -2.44. The van der Waals surface area contributed by atoms with Gasteiger partial charge in [0.2, 0.25) is 5.69 Å². The summed E-state index contributed by atoms with van der Waals surface area (Å²) in [5.74, 6) is 5.73. The van der Waals surface area contributed by atoms with E-state index in [1.807, 2.05) is 30.6 Å². The summed E-state index contributed by atoms with van der Waals surface area (Å²) in [6.45, 7) is 3.03. The van der Waals surface area contributed by atoms with Crippen molar-refractivity contribution in [2.24, 2.45) is 0 Å². The number of thiazole rings is 1. The molecule has 2 aromatic rings. The Balaban J connectivity index is 1.86. The van der Waals surface area contributed by atoms with Crippen molar-refractivity contribution in [1.29, 1.82) is 0 Å². The molecule has 2 rings (SSSR count). The first-order chi connectivity index (χ1) is 9.09. The number of nitrogen functional groups attached to an aromatic ring is 1. The van der Waals surface area contributed by atoms with Gasteiger partial charge in [-0.3, -0.25) is 0 Å². The first-order valence-electron chi connectivity index (χ1n) is 5.84. The number of hydrogen-bond acceptors (Lipinski definition) is 3. The molecule has 0 atom stereocenters. The molecule has 1 aromatic carbocycles. The van der Waals surface area contributed by atoms with Crippen LogP contribution in [0.1, 0.15) is 16.1 Å². The molecule has 1 heterocycles. The molecule has 3 nitrogen and oxygen atoms in total. The fraction of sp³-hybridized carbons (Fsp3) is 0.308. The van der Waals surface area contributed by atoms with Crippen LogP contribution in [0.3, 0.4) is 0 Å². The molecule has 102 valence electrons. The molecular weight excluding hydrogens is 303 g/mol. The number of nitrogens with zero attached hydrogens (tertiary/aromatic N) is 1. The Bertz CT molecular complexity index is 552. The highest BCUT2D eigenvalue weighted by Gasteiger charge is 2.12. The Labute approximate surface area is 126 Å². The van der Waals surface area contributed by atoms with Crippen LogP contribution in [0, 0.1) is 6.92 Å². The molecule has 6 heteroatoms. The third-order valence-corrected chi connectivity index (χ3v) is 4.71. The van der Waals surface area contributed by atoms with Crippen molar-refractivity contribution in [3.8, 4) is 0 Å². The molecule has 0 unspecified atom stereocenters. The second-order valence-corrected chi connectivity index (χ2v) is 5.90. The second-order valence-electron chi connectivity index (χ2n) is 4.14. The van der Waals surface area contributed by atoms with E-state index in [9.17, 15) is 0 Å². The molecule has 19 heavy (non-hydrogen) atoms. The molecular formula is C13H15Cl2N2OS+. The SMILES string of the molecule is Cc1c(CCOCc2c(Cl)cccc2Cl)sc[n+]1N. The van der Waals surface area contributed by atoms with Crippen LogP contribution in [0.5, 0.6) is 0 Å². The molecule has 0 radical (unpaired) electrons. The fourth-order valence-corrected chi connectivity index (χ4v) is 3.06. The lowest BCUT2D eigenvalue weighted by atomic mass is 10.2. The third-order valence-electron chi connectivity index (χ3n) is 2.88. The number of ether oxygens (including phenoxy) is 1. The van der Waals surface area contributed by atoms with Gasteiger partial charge >= 0.3 is 0 Å². The number of halogens is 2. The maximum absolute atomic E-state index is 6.07. The van der Waals surface area contributed by atoms with Crippen molar-refractivity contribution in [2.75, 3.05) is 12.4 Å². The highest BCUT2D eigenvalue weighted by molar-refractivity contribution is 7.09. The van der Waals surface area contributed by atoms with Crippen LogP contribution >= 0.6 is 34.5 Å². The van der Waals surface area contributed by atoms with Crippen molar-refractivity contribution in [3.63, 3.8) is 0 Å². The normalized spacial score (nSPS) is 10.9. The van der Waals surface area contributed by atoms with Crippen LogP contribution in [0.4, 0.5) is 0 Å². The van der Waals surface area contributed by atoms with Gasteiger partial charge in [0.25, 0.3) is 5.51 Å². The fourth-order valence-electron chi connectivity index (χ4n) is 1.68. The van der Waals surface area contributed by atoms with E-state index in [1.165, 1.54) is 4.88 Å². The maximum atomic E-state index is 6.07. The van der Waals surface area contributed by atoms with Crippen LogP contribution in [0.25, 0.3) is 0 Å². The van der Waals surface area contributed by atoms with Gasteiger partial charge in [-0.15, -0.1) is 0 Å². The number of aromatic nitrogens is 1. The average molecular weight is 318 g/mol. The van der Waals surface area contributed by atoms with Gasteiger partial charge < -0.3 is 4.74 Å². The predicted octanol–water partition coefficient (Wildman–Crippen LogP) is 3.12. The summed E-state index contributed by atoms with van der Waals surface area (Å²) in [7, 11) is 0. The first-order valence-corrected chi connectivity index (χ1v) is 7.47. The molecule has 0 spiro atoms. The zero-order valence-electron chi connectivity index (χ0n) is 10.5. The lowest BCUT2D eigenvalue weighted by molar-refractivity contribution is -0.640. The summed E-state index contributed by atoms with van der Waals surface area (Å²) in [4.78, 5) is 1.23. The first kappa shape index (κ1) is 14.6. The Kier molecular flexibility index (Phi) is 5.05. The van der Waals surface area contributed by atoms with Gasteiger partial charge in [0.15, 0.2) is 0 Å². The van der Waals surface area contributed by atoms with Gasteiger partial charge in [0.1, 0.15) is 0 Å². The average Bonchev–Trinajstić information content (AvgIpc) is 2.69. The van der Waals surface area contributed by atoms with Gasteiger partial charge in [-0.2, -0.15) is 0 Å². The minimum Gasteiger partial charge on any atom is -0.376 e. The molecule has 2 N–H and O–H groups in total. The molecule has 0 bridgehead atoms. The quantitative estimate of drug-likeness (QED) is 0.523. The van der Waals surface area contributed by atoms with E-state index in [4.69, 9.17) is 33.8 Å². The van der Waals surface area contributed by atoms with Crippen molar-refractivity contribution in [2.45, 2.75) is 20.0 Å². The lowest BCUT2D eigenvalue weighted by Gasteiger charge is -2.07. The minimum absolute atomic E-state index is 0.422. The highest BCUT2D eigenvalue weighted by Crippen LogP contribution is 2.25. The molecule has 0 fully saturated rings. The van der Waals surface area contributed by atoms with Crippen LogP contribution in [0.2, 0.25) is 10.0 Å². The number of hydrogen-bond donors (Lipinski definition) is 1. The van der Waals surface area contributed by atoms with Gasteiger partial charge in [0.05, 0.1) is 18.1 Å². The van der Waals surface area contributed by atoms with Crippen molar-refractivity contribution < 1.29 is 9.41 Å². The van der Waals surface area contributed by atoms with E-state index in [0.717, 1.165) is 17.7 Å². The smallest absolute Gasteiger partial charge is 0.254 e. The second kappa shape index (κ2) is 6.57. The van der Waals surface area contributed by atoms with E-state index in [2.05, 4.69) is 0 Å². The van der Waals surface area contributed by atoms with Crippen LogP contribution < -0.4 is 10.5 Å². The summed E-state index contributed by atoms with van der Waals surface area (Å²) in [6, 6.07) is 5.45. The van der Waals surface area contributed by atoms with Gasteiger partial charge in [-0.1, -0.05) is 45.3 Å². The van der Waals surface area contributed by atoms with Crippen molar-refractivity contribution >= 4 is 34.5 Å². The van der Waals surface area contributed by atoms with E-state index in [0.29, 0.717) is 23.3 Å². The molecule has 0 amide bonds. The zero-order chi connectivity index (χ0) is 13.8. The van der Waals surface area contributed by atoms with E-state index < -0.39 is 0 Å². The van der Waals surface area contributed by atoms with Crippen LogP contribution in [-0.2, 0) is 17.8 Å². The van der Waals surface area contributed by atoms with Crippen LogP contribution in [-0.4, -0.2) is 6.61 Å². The Morgan fingerprint density at radius 3 is 2.58 bits per heavy atom. The van der Waals surface area contributed by atoms with Crippen molar-refractivity contribution in [3.05, 3.63) is 49.9 Å². The van der Waals surface area contributed by atoms with E-state index >= 15 is 0 Å². The summed E-state index contributed by atoms with van der Waals surface area (Å²) in [5.41, 5.74) is 3.79. The largest absolute Gasteiger partial charge is 0.376 e. The number of nitrogens with two attached hydrogens (primary N) is 1. The topological polar surface area (TPSA) is 39.1 Å². The minimum atomic E-state index is 0.422. The molecule has 0 saturated carbocycles. The van der Waals surface area contributed by atoms with Crippen molar-refractivity contribution in [1.82, 2.24) is 0 Å². The molecule has 0 aliphatic heterocycles. The molecule has 0 aliphatic carbocycles. The summed E-state index contributed by atoms with van der Waals surface area (Å²) in [5, 5.41) is 1.28. The Hall–Kier alpha value is -0.810. The highest BCUT2D eigenvalue weighted by atomic mass is 35.5. The monoisotopic (exact) mass is 317 g/mol. The Morgan fingerprint density at radius 2 is 2.00 bits per heavy atom. The molecule has 0 aliphatic rings. The van der Waals surface area contributed by atoms with Gasteiger partial charge in [-0.05, 0) is 12.1 Å². The van der Waals surface area contributed by atoms with Gasteiger partial charge in [-0.25, -0.2) is 5.84 Å². The third kappa shape index (κ3) is 3.60. The van der Waals surface area contributed by atoms with Crippen LogP contribution in [0.15, 0.2) is 23.7 Å². The maximum Gasteiger partial charge on any atom is 0.254 e. The summed E-state index contributed by atoms with van der Waals surface area (Å²) < 4.78 is 7.27. The summed E-state index contributed by atoms with van der Waals surface area (Å²) in [6.07, 6.45) is 0.836. The van der Waals surface area contributed by atoms with E-state index in [-0.39, 0.29) is 0 Å². The molecule has 1 aromatic heterocycles. The summed E-state index contributed by atoms with van der Waals surface area (Å²) >= 11 is 13.8. The molecule has 0 saturated heterocycles. The van der Waals surface area contributed by atoms with Gasteiger partial charge in [0, 0.05) is 29.0 Å². The Morgan fingerprint density at radius 1 is 1.32 bits per heavy atom. The standard InChI is InChI=1S/C13H15Cl2N2OS/c1-9-13(19-8-17(9)16)5-6-18-7-10-11(14)3-2-4-12(10)15/h2-4,8H,5-7,16H2,1H3/q+1.